The van der Waals surface area contributed by atoms with E-state index in [-0.39, 0.29) is 11.5 Å². The van der Waals surface area contributed by atoms with Crippen LogP contribution in [0.15, 0.2) is 89.5 Å². The van der Waals surface area contributed by atoms with Crippen molar-refractivity contribution in [3.63, 3.8) is 0 Å². The number of aryl methyl sites for hydroxylation is 2. The normalized spacial score (nSPS) is 16.9. The Morgan fingerprint density at radius 3 is 2.33 bits per heavy atom. The van der Waals surface area contributed by atoms with Crippen LogP contribution in [0.25, 0.3) is 0 Å². The lowest BCUT2D eigenvalue weighted by Gasteiger charge is -2.19. The van der Waals surface area contributed by atoms with Crippen molar-refractivity contribution in [2.24, 2.45) is 0 Å². The van der Waals surface area contributed by atoms with Gasteiger partial charge in [-0.05, 0) is 55.7 Å². The van der Waals surface area contributed by atoms with Gasteiger partial charge in [-0.1, -0.05) is 71.9 Å². The lowest BCUT2D eigenvalue weighted by molar-refractivity contribution is -0.117. The third-order valence-corrected chi connectivity index (χ3v) is 6.76. The second-order valence-corrected chi connectivity index (χ2v) is 9.05. The maximum Gasteiger partial charge on any atom is 0.269 e. The Balaban J connectivity index is 1.74. The number of benzene rings is 3. The molecule has 0 saturated carbocycles. The summed E-state index contributed by atoms with van der Waals surface area (Å²) in [6.07, 6.45) is 0.515. The number of anilines is 2. The van der Waals surface area contributed by atoms with Gasteiger partial charge >= 0.3 is 0 Å². The third kappa shape index (κ3) is 4.84. The SMILES string of the molecule is Cc1ccc(N2C(=O)C(Cc3ccccc3C)S/C2=C(/C#N)C(=O)Nc2ccccc2)cc1. The Kier molecular flexibility index (Phi) is 6.62. The topological polar surface area (TPSA) is 73.2 Å². The molecule has 0 aliphatic carbocycles. The van der Waals surface area contributed by atoms with Crippen LogP contribution in [0.3, 0.4) is 0 Å². The molecule has 1 atom stereocenters. The molecule has 1 heterocycles. The van der Waals surface area contributed by atoms with E-state index >= 15 is 0 Å². The van der Waals surface area contributed by atoms with Gasteiger partial charge in [0.25, 0.3) is 5.91 Å². The lowest BCUT2D eigenvalue weighted by atomic mass is 10.0. The minimum atomic E-state index is -0.535. The molecule has 4 rings (SSSR count). The Morgan fingerprint density at radius 1 is 1.00 bits per heavy atom. The number of nitriles is 1. The maximum absolute atomic E-state index is 13.5. The van der Waals surface area contributed by atoms with E-state index in [1.165, 1.54) is 16.7 Å². The van der Waals surface area contributed by atoms with Gasteiger partial charge in [0, 0.05) is 11.4 Å². The number of carbonyl (C=O) groups is 2. The van der Waals surface area contributed by atoms with E-state index in [1.54, 1.807) is 24.3 Å². The first-order valence-electron chi connectivity index (χ1n) is 10.6. The van der Waals surface area contributed by atoms with Gasteiger partial charge < -0.3 is 5.32 Å². The van der Waals surface area contributed by atoms with Gasteiger partial charge in [0.15, 0.2) is 0 Å². The van der Waals surface area contributed by atoms with Crippen LogP contribution in [-0.2, 0) is 16.0 Å². The molecule has 164 valence electrons. The van der Waals surface area contributed by atoms with Crippen molar-refractivity contribution in [2.75, 3.05) is 10.2 Å². The molecule has 0 spiro atoms. The van der Waals surface area contributed by atoms with Gasteiger partial charge in [-0.3, -0.25) is 14.5 Å². The van der Waals surface area contributed by atoms with Crippen LogP contribution >= 0.6 is 11.8 Å². The van der Waals surface area contributed by atoms with Gasteiger partial charge in [0.2, 0.25) is 5.91 Å². The van der Waals surface area contributed by atoms with Crippen molar-refractivity contribution < 1.29 is 9.59 Å². The van der Waals surface area contributed by atoms with E-state index in [0.29, 0.717) is 22.8 Å². The Morgan fingerprint density at radius 2 is 1.67 bits per heavy atom. The van der Waals surface area contributed by atoms with E-state index in [2.05, 4.69) is 5.32 Å². The van der Waals surface area contributed by atoms with Gasteiger partial charge in [0.1, 0.15) is 16.7 Å². The second-order valence-electron chi connectivity index (χ2n) is 7.86. The highest BCUT2D eigenvalue weighted by atomic mass is 32.2. The lowest BCUT2D eigenvalue weighted by Crippen LogP contribution is -2.31. The molecule has 1 aliphatic rings. The van der Waals surface area contributed by atoms with Crippen LogP contribution in [0.1, 0.15) is 16.7 Å². The standard InChI is InChI=1S/C27H23N3O2S/c1-18-12-14-22(15-13-18)30-26(32)24(16-20-9-7-6-8-19(20)2)33-27(30)23(17-28)25(31)29-21-10-4-3-5-11-21/h3-15,24H,16H2,1-2H3,(H,29,31)/b27-23-. The molecule has 1 fully saturated rings. The fourth-order valence-electron chi connectivity index (χ4n) is 3.67. The van der Waals surface area contributed by atoms with Crippen molar-refractivity contribution in [3.8, 4) is 6.07 Å². The summed E-state index contributed by atoms with van der Waals surface area (Å²) in [5.74, 6) is -0.671. The van der Waals surface area contributed by atoms with E-state index in [9.17, 15) is 14.9 Å². The minimum absolute atomic E-state index is 0.0786. The summed E-state index contributed by atoms with van der Waals surface area (Å²) in [6, 6.07) is 26.5. The van der Waals surface area contributed by atoms with Gasteiger partial charge in [-0.25, -0.2) is 0 Å². The highest BCUT2D eigenvalue weighted by molar-refractivity contribution is 8.05. The predicted molar refractivity (Wildman–Crippen MR) is 133 cm³/mol. The summed E-state index contributed by atoms with van der Waals surface area (Å²) in [4.78, 5) is 28.1. The Hall–Kier alpha value is -3.82. The minimum Gasteiger partial charge on any atom is -0.321 e. The van der Waals surface area contributed by atoms with Crippen LogP contribution in [0.2, 0.25) is 0 Å². The van der Waals surface area contributed by atoms with Crippen LogP contribution in [0.5, 0.6) is 0 Å². The average Bonchev–Trinajstić information content (AvgIpc) is 3.12. The summed E-state index contributed by atoms with van der Waals surface area (Å²) < 4.78 is 0. The molecule has 0 radical (unpaired) electrons. The number of carbonyl (C=O) groups excluding carboxylic acids is 2. The monoisotopic (exact) mass is 453 g/mol. The third-order valence-electron chi connectivity index (χ3n) is 5.50. The number of hydrogen-bond donors (Lipinski definition) is 1. The molecular formula is C27H23N3O2S. The zero-order chi connectivity index (χ0) is 23.4. The van der Waals surface area contributed by atoms with Crippen LogP contribution < -0.4 is 10.2 Å². The number of nitrogens with one attached hydrogen (secondary N) is 1. The van der Waals surface area contributed by atoms with Crippen molar-refractivity contribution in [1.29, 1.82) is 5.26 Å². The molecule has 3 aromatic rings. The number of para-hydroxylation sites is 1. The number of nitrogens with zero attached hydrogens (tertiary/aromatic N) is 2. The fourth-order valence-corrected chi connectivity index (χ4v) is 4.97. The molecule has 1 aliphatic heterocycles. The Bertz CT molecular complexity index is 1260. The first-order chi connectivity index (χ1) is 16.0. The summed E-state index contributed by atoms with van der Waals surface area (Å²) in [5.41, 5.74) is 4.38. The molecule has 1 unspecified atom stereocenters. The van der Waals surface area contributed by atoms with Crippen LogP contribution in [0, 0.1) is 25.2 Å². The summed E-state index contributed by atoms with van der Waals surface area (Å²) in [7, 11) is 0. The van der Waals surface area contributed by atoms with Crippen LogP contribution in [0.4, 0.5) is 11.4 Å². The van der Waals surface area contributed by atoms with E-state index in [1.807, 2.05) is 74.5 Å². The molecule has 5 nitrogen and oxygen atoms in total. The highest BCUT2D eigenvalue weighted by Crippen LogP contribution is 2.42. The predicted octanol–water partition coefficient (Wildman–Crippen LogP) is 5.37. The molecule has 6 heteroatoms. The zero-order valence-electron chi connectivity index (χ0n) is 18.4. The fraction of sp³-hybridized carbons (Fsp3) is 0.148. The van der Waals surface area contributed by atoms with E-state index < -0.39 is 11.2 Å². The quantitative estimate of drug-likeness (QED) is 0.416. The molecular weight excluding hydrogens is 430 g/mol. The molecule has 1 N–H and O–H groups in total. The summed E-state index contributed by atoms with van der Waals surface area (Å²) >= 11 is 1.27. The molecule has 0 bridgehead atoms. The largest absolute Gasteiger partial charge is 0.321 e. The van der Waals surface area contributed by atoms with Gasteiger partial charge in [-0.15, -0.1) is 0 Å². The first-order valence-corrected chi connectivity index (χ1v) is 11.5. The van der Waals surface area contributed by atoms with Crippen molar-refractivity contribution in [3.05, 3.63) is 106 Å². The van der Waals surface area contributed by atoms with Crippen molar-refractivity contribution >= 4 is 35.0 Å². The van der Waals surface area contributed by atoms with E-state index in [0.717, 1.165) is 16.7 Å². The number of rotatable bonds is 5. The number of hydrogen-bond acceptors (Lipinski definition) is 4. The average molecular weight is 454 g/mol. The van der Waals surface area contributed by atoms with Gasteiger partial charge in [0.05, 0.1) is 5.25 Å². The zero-order valence-corrected chi connectivity index (χ0v) is 19.2. The number of thioether (sulfide) groups is 1. The molecule has 2 amide bonds. The molecule has 0 aromatic heterocycles. The van der Waals surface area contributed by atoms with Crippen molar-refractivity contribution in [1.82, 2.24) is 0 Å². The first kappa shape index (κ1) is 22.4. The number of amides is 2. The molecule has 3 aromatic carbocycles. The second kappa shape index (κ2) is 9.76. The van der Waals surface area contributed by atoms with E-state index in [4.69, 9.17) is 0 Å². The Labute approximate surface area is 197 Å². The maximum atomic E-state index is 13.5. The summed E-state index contributed by atoms with van der Waals surface area (Å²) in [6.45, 7) is 3.98. The van der Waals surface area contributed by atoms with Crippen molar-refractivity contribution in [2.45, 2.75) is 25.5 Å². The van der Waals surface area contributed by atoms with Gasteiger partial charge in [-0.2, -0.15) is 5.26 Å². The van der Waals surface area contributed by atoms with Crippen LogP contribution in [-0.4, -0.2) is 17.1 Å². The smallest absolute Gasteiger partial charge is 0.269 e. The highest BCUT2D eigenvalue weighted by Gasteiger charge is 2.41. The molecule has 1 saturated heterocycles. The summed E-state index contributed by atoms with van der Waals surface area (Å²) in [5, 5.41) is 12.6. The molecule has 33 heavy (non-hydrogen) atoms.